The summed E-state index contributed by atoms with van der Waals surface area (Å²) in [5.41, 5.74) is 1.11. The molecule has 1 N–H and O–H groups in total. The molecule has 2 saturated heterocycles. The molecule has 1 aromatic carbocycles. The summed E-state index contributed by atoms with van der Waals surface area (Å²) in [4.78, 5) is 14.1. The van der Waals surface area contributed by atoms with Gasteiger partial charge in [0.05, 0.1) is 5.41 Å². The topological polar surface area (TPSA) is 70.1 Å². The normalized spacial score (nSPS) is 29.2. The van der Waals surface area contributed by atoms with Crippen molar-refractivity contribution in [3.63, 3.8) is 0 Å². The lowest BCUT2D eigenvalue weighted by Gasteiger charge is -2.43. The van der Waals surface area contributed by atoms with Crippen LogP contribution >= 0.6 is 11.3 Å². The monoisotopic (exact) mass is 444 g/mol. The van der Waals surface area contributed by atoms with Gasteiger partial charge < -0.3 is 4.74 Å². The molecule has 8 heteroatoms. The molecule has 30 heavy (non-hydrogen) atoms. The number of rotatable bonds is 2. The highest BCUT2D eigenvalue weighted by Crippen LogP contribution is 2.63. The number of thiophene rings is 1. The summed E-state index contributed by atoms with van der Waals surface area (Å²) in [7, 11) is 0. The van der Waals surface area contributed by atoms with E-state index in [9.17, 15) is 9.00 Å². The number of allylic oxidation sites excluding steroid dienone is 3. The smallest absolute Gasteiger partial charge is 0.414 e. The van der Waals surface area contributed by atoms with E-state index in [0.717, 1.165) is 12.1 Å². The quantitative estimate of drug-likeness (QED) is 0.697. The van der Waals surface area contributed by atoms with Crippen LogP contribution in [0.4, 0.5) is 4.79 Å². The number of hydrogen-bond acceptors (Lipinski definition) is 4. The zero-order valence-corrected chi connectivity index (χ0v) is 18.1. The molecule has 0 bridgehead atoms. The van der Waals surface area contributed by atoms with E-state index in [4.69, 9.17) is 9.29 Å². The van der Waals surface area contributed by atoms with Crippen LogP contribution in [0.1, 0.15) is 19.3 Å². The number of hydrogen-bond donors (Lipinski definition) is 1. The van der Waals surface area contributed by atoms with E-state index in [-0.39, 0.29) is 17.6 Å². The maximum absolute atomic E-state index is 12.2. The summed E-state index contributed by atoms with van der Waals surface area (Å²) >= 11 is -0.129. The zero-order chi connectivity index (χ0) is 20.7. The van der Waals surface area contributed by atoms with Crippen molar-refractivity contribution in [2.24, 2.45) is 11.3 Å². The van der Waals surface area contributed by atoms with Crippen molar-refractivity contribution in [3.8, 4) is 0 Å². The van der Waals surface area contributed by atoms with Gasteiger partial charge in [-0.1, -0.05) is 30.4 Å². The van der Waals surface area contributed by atoms with Crippen molar-refractivity contribution in [1.29, 1.82) is 0 Å². The van der Waals surface area contributed by atoms with Crippen LogP contribution in [0.2, 0.25) is 0 Å². The van der Waals surface area contributed by atoms with E-state index in [1.807, 2.05) is 17.1 Å². The Morgan fingerprint density at radius 2 is 2.00 bits per heavy atom. The van der Waals surface area contributed by atoms with Crippen molar-refractivity contribution in [2.75, 3.05) is 19.7 Å². The Labute approximate surface area is 182 Å². The van der Waals surface area contributed by atoms with Gasteiger partial charge in [0.15, 0.2) is 0 Å². The van der Waals surface area contributed by atoms with E-state index in [2.05, 4.69) is 41.8 Å². The van der Waals surface area contributed by atoms with E-state index in [1.54, 1.807) is 11.3 Å². The molecule has 1 spiro atoms. The fourth-order valence-corrected chi connectivity index (χ4v) is 6.07. The minimum absolute atomic E-state index is 0.0135. The zero-order valence-electron chi connectivity index (χ0n) is 16.5. The van der Waals surface area contributed by atoms with Gasteiger partial charge in [0.1, 0.15) is 6.61 Å². The van der Waals surface area contributed by atoms with Crippen molar-refractivity contribution in [3.05, 3.63) is 59.6 Å². The van der Waals surface area contributed by atoms with Crippen LogP contribution in [0.25, 0.3) is 10.1 Å². The second-order valence-electron chi connectivity index (χ2n) is 8.18. The Morgan fingerprint density at radius 1 is 1.20 bits per heavy atom. The van der Waals surface area contributed by atoms with Crippen molar-refractivity contribution in [1.82, 2.24) is 9.21 Å². The SMILES string of the molecule is O=C1OCC23CC2C=CC=C3N1C1CCN(S(=O)O)CC1.c1ccc2sccc2c1. The van der Waals surface area contributed by atoms with Gasteiger partial charge in [0.2, 0.25) is 11.3 Å². The third-order valence-electron chi connectivity index (χ3n) is 6.52. The lowest BCUT2D eigenvalue weighted by atomic mass is 9.91. The number of piperidine rings is 1. The maximum atomic E-state index is 12.2. The molecule has 3 unspecified atom stereocenters. The van der Waals surface area contributed by atoms with Gasteiger partial charge >= 0.3 is 6.09 Å². The standard InChI is InChI=1S/C14H18N2O4S.C8H6S/c17-13-16(11-4-6-15(7-5-11)21(18)19)12-3-1-2-10-8-14(10,12)9-20-13;1-2-4-8-7(3-1)5-6-9-8/h1-3,10-11H,4-9H2,(H,18,19);1-6H. The predicted octanol–water partition coefficient (Wildman–Crippen LogP) is 4.40. The number of fused-ring (bicyclic) bond motifs is 1. The predicted molar refractivity (Wildman–Crippen MR) is 118 cm³/mol. The lowest BCUT2D eigenvalue weighted by Crippen LogP contribution is -2.52. The van der Waals surface area contributed by atoms with E-state index in [1.165, 1.54) is 14.4 Å². The molecule has 3 fully saturated rings. The van der Waals surface area contributed by atoms with Gasteiger partial charge in [0, 0.05) is 29.5 Å². The number of cyclic esters (lactones) is 1. The Hall–Kier alpha value is -2.00. The first-order valence-electron chi connectivity index (χ1n) is 10.2. The number of nitrogens with zero attached hydrogens (tertiary/aromatic N) is 2. The van der Waals surface area contributed by atoms with Crippen molar-refractivity contribution >= 4 is 38.8 Å². The third-order valence-corrected chi connectivity index (χ3v) is 8.23. The van der Waals surface area contributed by atoms with Gasteiger partial charge in [-0.3, -0.25) is 9.45 Å². The first kappa shape index (κ1) is 19.9. The molecule has 6 nitrogen and oxygen atoms in total. The highest BCUT2D eigenvalue weighted by Gasteiger charge is 2.62. The summed E-state index contributed by atoms with van der Waals surface area (Å²) in [6.07, 6.45) is 8.45. The summed E-state index contributed by atoms with van der Waals surface area (Å²) in [6, 6.07) is 10.6. The fourth-order valence-electron chi connectivity index (χ4n) is 4.75. The van der Waals surface area contributed by atoms with Gasteiger partial charge in [-0.15, -0.1) is 11.3 Å². The van der Waals surface area contributed by atoms with Crippen LogP contribution in [-0.4, -0.2) is 49.8 Å². The molecule has 158 valence electrons. The van der Waals surface area contributed by atoms with Crippen LogP contribution in [0, 0.1) is 11.3 Å². The minimum Gasteiger partial charge on any atom is -0.448 e. The van der Waals surface area contributed by atoms with Crippen LogP contribution in [0.15, 0.2) is 59.6 Å². The molecular formula is C22H24N2O4S2. The summed E-state index contributed by atoms with van der Waals surface area (Å²) in [5, 5.41) is 3.47. The first-order chi connectivity index (χ1) is 14.6. The van der Waals surface area contributed by atoms with Gasteiger partial charge in [-0.25, -0.2) is 13.3 Å². The van der Waals surface area contributed by atoms with Gasteiger partial charge in [0.25, 0.3) is 0 Å². The van der Waals surface area contributed by atoms with Gasteiger partial charge in [-0.05, 0) is 54.2 Å². The Balaban J connectivity index is 0.000000178. The average Bonchev–Trinajstić information content (AvgIpc) is 3.29. The van der Waals surface area contributed by atoms with Crippen LogP contribution in [0.3, 0.4) is 0 Å². The summed E-state index contributed by atoms with van der Waals surface area (Å²) in [6.45, 7) is 1.54. The van der Waals surface area contributed by atoms with Crippen LogP contribution in [-0.2, 0) is 16.0 Å². The van der Waals surface area contributed by atoms with Crippen molar-refractivity contribution in [2.45, 2.75) is 25.3 Å². The Kier molecular flexibility index (Phi) is 5.26. The Morgan fingerprint density at radius 3 is 2.77 bits per heavy atom. The highest BCUT2D eigenvalue weighted by molar-refractivity contribution is 7.76. The molecule has 3 atom stereocenters. The first-order valence-corrected chi connectivity index (χ1v) is 12.2. The molecule has 1 saturated carbocycles. The molecule has 1 amide bonds. The van der Waals surface area contributed by atoms with Crippen molar-refractivity contribution < 1.29 is 18.3 Å². The highest BCUT2D eigenvalue weighted by atomic mass is 32.2. The molecule has 2 aliphatic heterocycles. The largest absolute Gasteiger partial charge is 0.448 e. The van der Waals surface area contributed by atoms with E-state index < -0.39 is 11.3 Å². The summed E-state index contributed by atoms with van der Waals surface area (Å²) in [5.74, 6) is 0.498. The molecule has 6 rings (SSSR count). The molecule has 2 aliphatic carbocycles. The second-order valence-corrected chi connectivity index (χ2v) is 10.1. The lowest BCUT2D eigenvalue weighted by molar-refractivity contribution is 0.0347. The van der Waals surface area contributed by atoms with Gasteiger partial charge in [-0.2, -0.15) is 0 Å². The molecular weight excluding hydrogens is 420 g/mol. The van der Waals surface area contributed by atoms with E-state index >= 15 is 0 Å². The molecule has 0 radical (unpaired) electrons. The number of amides is 1. The molecule has 2 aromatic rings. The van der Waals surface area contributed by atoms with Crippen LogP contribution < -0.4 is 0 Å². The number of ether oxygens (including phenoxy) is 1. The molecule has 3 heterocycles. The Bertz CT molecular complexity index is 1010. The average molecular weight is 445 g/mol. The number of carbonyl (C=O) groups is 1. The second kappa shape index (κ2) is 7.92. The molecule has 1 aromatic heterocycles. The van der Waals surface area contributed by atoms with Crippen LogP contribution in [0.5, 0.6) is 0 Å². The number of benzene rings is 1. The third kappa shape index (κ3) is 3.51. The summed E-state index contributed by atoms with van der Waals surface area (Å²) < 4.78 is 28.6. The van der Waals surface area contributed by atoms with E-state index in [0.29, 0.717) is 38.5 Å². The minimum atomic E-state index is -1.92. The fraction of sp³-hybridized carbons (Fsp3) is 0.409. The molecule has 4 aliphatic rings. The number of carbonyl (C=O) groups excluding carboxylic acids is 1. The maximum Gasteiger partial charge on any atom is 0.414 e.